The first-order valence-corrected chi connectivity index (χ1v) is 9.41. The number of quaternary nitrogens is 2. The van der Waals surface area contributed by atoms with Gasteiger partial charge in [0.1, 0.15) is 0 Å². The van der Waals surface area contributed by atoms with Crippen LogP contribution in [0.2, 0.25) is 0 Å². The Morgan fingerprint density at radius 2 is 0.808 bits per heavy atom. The molecule has 2 fully saturated rings. The molecular formula is C18H38N4O4. The number of hydroxylamine groups is 6. The average Bonchev–Trinajstić information content (AvgIpc) is 2.27. The minimum Gasteiger partial charge on any atom is -0.631 e. The highest BCUT2D eigenvalue weighted by molar-refractivity contribution is 4.95. The Bertz CT molecular complexity index is 467. The topological polar surface area (TPSA) is 111 Å². The molecule has 0 saturated carbocycles. The van der Waals surface area contributed by atoms with E-state index < -0.39 is 43.9 Å². The Kier molecular flexibility index (Phi) is 5.14. The van der Waals surface area contributed by atoms with E-state index in [4.69, 9.17) is 0 Å². The van der Waals surface area contributed by atoms with Gasteiger partial charge in [-0.15, -0.1) is 0 Å². The monoisotopic (exact) mass is 374 g/mol. The Labute approximate surface area is 157 Å². The first kappa shape index (κ1) is 22.0. The van der Waals surface area contributed by atoms with Crippen molar-refractivity contribution in [2.75, 3.05) is 26.2 Å². The van der Waals surface area contributed by atoms with Crippen LogP contribution >= 0.6 is 0 Å². The molecule has 0 amide bonds. The first-order chi connectivity index (χ1) is 11.3. The molecule has 26 heavy (non-hydrogen) atoms. The van der Waals surface area contributed by atoms with Gasteiger partial charge in [-0.3, -0.25) is 10.6 Å². The van der Waals surface area contributed by atoms with E-state index in [2.05, 4.69) is 10.6 Å². The van der Waals surface area contributed by atoms with Crippen molar-refractivity contribution in [1.82, 2.24) is 10.6 Å². The van der Waals surface area contributed by atoms with Crippen molar-refractivity contribution < 1.29 is 19.5 Å². The smallest absolute Gasteiger partial charge is 0.271 e. The number of hydrogen-bond donors (Lipinski definition) is 4. The van der Waals surface area contributed by atoms with Crippen molar-refractivity contribution in [3.8, 4) is 0 Å². The molecule has 2 heterocycles. The fourth-order valence-corrected chi connectivity index (χ4v) is 5.64. The third-order valence-corrected chi connectivity index (χ3v) is 5.24. The predicted octanol–water partition coefficient (Wildman–Crippen LogP) is 0.573. The highest BCUT2D eigenvalue weighted by Gasteiger charge is 2.54. The standard InChI is InChI=1S/C18H38N4O4/c1-15(2)9-21(25,10-16(3,4)19-15)13(23)14(24)22(26)11-17(5,6)20-18(7,8)12-22/h13-14,19-20,23-24H,9-12H2,1-8H3. The molecule has 154 valence electrons. The lowest BCUT2D eigenvalue weighted by atomic mass is 9.89. The number of piperazine rings is 2. The first-order valence-electron chi connectivity index (χ1n) is 9.41. The van der Waals surface area contributed by atoms with Gasteiger partial charge in [0, 0.05) is 0 Å². The van der Waals surface area contributed by atoms with Gasteiger partial charge in [-0.05, 0) is 55.4 Å². The molecule has 0 spiro atoms. The fourth-order valence-electron chi connectivity index (χ4n) is 5.64. The van der Waals surface area contributed by atoms with Crippen molar-refractivity contribution in [2.45, 2.75) is 90.0 Å². The molecule has 2 saturated heterocycles. The van der Waals surface area contributed by atoms with Crippen LogP contribution in [0.4, 0.5) is 0 Å². The van der Waals surface area contributed by atoms with Gasteiger partial charge in [0.05, 0.1) is 48.3 Å². The normalized spacial score (nSPS) is 33.2. The summed E-state index contributed by atoms with van der Waals surface area (Å²) in [4.78, 5) is 0. The van der Waals surface area contributed by atoms with E-state index in [0.717, 1.165) is 0 Å². The van der Waals surface area contributed by atoms with Crippen LogP contribution in [0, 0.1) is 10.4 Å². The van der Waals surface area contributed by atoms with E-state index in [1.54, 1.807) is 0 Å². The Morgan fingerprint density at radius 3 is 1.00 bits per heavy atom. The van der Waals surface area contributed by atoms with E-state index >= 15 is 0 Å². The second-order valence-corrected chi connectivity index (χ2v) is 11.1. The minimum absolute atomic E-state index is 0.0830. The second kappa shape index (κ2) is 6.09. The van der Waals surface area contributed by atoms with Gasteiger partial charge in [-0.2, -0.15) is 0 Å². The maximum atomic E-state index is 13.5. The summed E-state index contributed by atoms with van der Waals surface area (Å²) < 4.78 is -1.99. The summed E-state index contributed by atoms with van der Waals surface area (Å²) in [6.45, 7) is 15.5. The molecule has 0 aromatic heterocycles. The SMILES string of the molecule is CC1(C)C[N+]([O-])(C(O)C(O)[N+]2([O-])CC(C)(C)NC(C)(C)C2)CC(C)(C)N1. The van der Waals surface area contributed by atoms with Crippen LogP contribution in [0.1, 0.15) is 55.4 Å². The molecule has 0 aromatic carbocycles. The molecule has 2 rings (SSSR count). The van der Waals surface area contributed by atoms with Crippen molar-refractivity contribution in [3.63, 3.8) is 0 Å². The molecule has 8 heteroatoms. The summed E-state index contributed by atoms with van der Waals surface area (Å²) in [5, 5.41) is 55.6. The van der Waals surface area contributed by atoms with E-state index in [1.807, 2.05) is 55.4 Å². The van der Waals surface area contributed by atoms with Gasteiger partial charge in [-0.1, -0.05) is 0 Å². The Hall–Kier alpha value is -0.320. The van der Waals surface area contributed by atoms with Gasteiger partial charge in [0.2, 0.25) is 0 Å². The van der Waals surface area contributed by atoms with Gasteiger partial charge in [-0.25, -0.2) is 0 Å². The van der Waals surface area contributed by atoms with Crippen molar-refractivity contribution in [3.05, 3.63) is 10.4 Å². The van der Waals surface area contributed by atoms with Crippen LogP contribution in [0.15, 0.2) is 0 Å². The Balaban J connectivity index is 2.31. The second-order valence-electron chi connectivity index (χ2n) is 11.1. The summed E-state index contributed by atoms with van der Waals surface area (Å²) in [6.07, 6.45) is -3.39. The zero-order valence-electron chi connectivity index (χ0n) is 17.6. The lowest BCUT2D eigenvalue weighted by molar-refractivity contribution is -1.01. The van der Waals surface area contributed by atoms with Crippen LogP contribution in [0.5, 0.6) is 0 Å². The van der Waals surface area contributed by atoms with Crippen molar-refractivity contribution in [1.29, 1.82) is 0 Å². The van der Waals surface area contributed by atoms with Crippen LogP contribution in [0.25, 0.3) is 0 Å². The third kappa shape index (κ3) is 4.56. The van der Waals surface area contributed by atoms with E-state index in [-0.39, 0.29) is 26.2 Å². The molecule has 4 N–H and O–H groups in total. The number of aliphatic hydroxyl groups excluding tert-OH is 2. The molecule has 0 aliphatic carbocycles. The van der Waals surface area contributed by atoms with Crippen LogP contribution < -0.4 is 10.6 Å². The van der Waals surface area contributed by atoms with Gasteiger partial charge >= 0.3 is 0 Å². The number of rotatable bonds is 3. The molecule has 2 unspecified atom stereocenters. The molecule has 0 aromatic rings. The van der Waals surface area contributed by atoms with E-state index in [1.165, 1.54) is 0 Å². The van der Waals surface area contributed by atoms with Gasteiger partial charge in [0.25, 0.3) is 12.5 Å². The summed E-state index contributed by atoms with van der Waals surface area (Å²) in [5.41, 5.74) is -2.06. The molecule has 0 radical (unpaired) electrons. The summed E-state index contributed by atoms with van der Waals surface area (Å²) in [7, 11) is 0. The minimum atomic E-state index is -1.70. The lowest BCUT2D eigenvalue weighted by Crippen LogP contribution is -2.80. The largest absolute Gasteiger partial charge is 0.631 e. The highest BCUT2D eigenvalue weighted by atomic mass is 16.6. The molecule has 2 aliphatic rings. The highest BCUT2D eigenvalue weighted by Crippen LogP contribution is 2.34. The quantitative estimate of drug-likeness (QED) is 0.425. The number of hydrogen-bond acceptors (Lipinski definition) is 6. The number of nitrogens with zero attached hydrogens (tertiary/aromatic N) is 2. The van der Waals surface area contributed by atoms with E-state index in [9.17, 15) is 20.6 Å². The molecule has 8 nitrogen and oxygen atoms in total. The van der Waals surface area contributed by atoms with Gasteiger partial charge in [0.15, 0.2) is 0 Å². The third-order valence-electron chi connectivity index (χ3n) is 5.24. The number of nitrogens with one attached hydrogen (secondary N) is 2. The lowest BCUT2D eigenvalue weighted by Gasteiger charge is -2.63. The predicted molar refractivity (Wildman–Crippen MR) is 101 cm³/mol. The zero-order chi connectivity index (χ0) is 20.4. The number of aliphatic hydroxyl groups is 2. The summed E-state index contributed by atoms with van der Waals surface area (Å²) in [6, 6.07) is 0. The molecular weight excluding hydrogens is 336 g/mol. The van der Waals surface area contributed by atoms with Crippen molar-refractivity contribution >= 4 is 0 Å². The summed E-state index contributed by atoms with van der Waals surface area (Å²) in [5.74, 6) is 0. The van der Waals surface area contributed by atoms with E-state index in [0.29, 0.717) is 0 Å². The molecule has 0 bridgehead atoms. The maximum Gasteiger partial charge on any atom is 0.271 e. The Morgan fingerprint density at radius 1 is 0.615 bits per heavy atom. The summed E-state index contributed by atoms with van der Waals surface area (Å²) >= 11 is 0. The van der Waals surface area contributed by atoms with Crippen LogP contribution in [0.3, 0.4) is 0 Å². The van der Waals surface area contributed by atoms with Gasteiger partial charge < -0.3 is 29.9 Å². The molecule has 2 aliphatic heterocycles. The average molecular weight is 375 g/mol. The fraction of sp³-hybridized carbons (Fsp3) is 1.00. The van der Waals surface area contributed by atoms with Crippen molar-refractivity contribution in [2.24, 2.45) is 0 Å². The molecule has 2 atom stereocenters. The van der Waals surface area contributed by atoms with Crippen LogP contribution in [-0.4, -0.2) is 80.3 Å². The van der Waals surface area contributed by atoms with Crippen LogP contribution in [-0.2, 0) is 0 Å². The zero-order valence-corrected chi connectivity index (χ0v) is 17.6. The maximum absolute atomic E-state index is 13.5.